The van der Waals surface area contributed by atoms with E-state index in [4.69, 9.17) is 0 Å². The van der Waals surface area contributed by atoms with E-state index in [9.17, 15) is 9.18 Å². The number of rotatable bonds is 5. The maximum Gasteiger partial charge on any atom is 0.259 e. The third-order valence-corrected chi connectivity index (χ3v) is 6.87. The first-order valence-corrected chi connectivity index (χ1v) is 12.0. The molecule has 1 amide bonds. The first-order valence-electron chi connectivity index (χ1n) is 12.0. The number of aryl methyl sites for hydroxylation is 1. The number of benzene rings is 1. The quantitative estimate of drug-likeness (QED) is 0.442. The van der Waals surface area contributed by atoms with Crippen LogP contribution in [-0.2, 0) is 6.54 Å². The van der Waals surface area contributed by atoms with Crippen LogP contribution in [-0.4, -0.2) is 35.2 Å². The number of halogens is 1. The second-order valence-corrected chi connectivity index (χ2v) is 9.54. The van der Waals surface area contributed by atoms with Gasteiger partial charge in [-0.3, -0.25) is 4.79 Å². The first kappa shape index (κ1) is 21.6. The summed E-state index contributed by atoms with van der Waals surface area (Å²) in [4.78, 5) is 22.1. The summed E-state index contributed by atoms with van der Waals surface area (Å²) in [5, 5.41) is 11.5. The van der Waals surface area contributed by atoms with Crippen molar-refractivity contribution in [2.75, 3.05) is 5.32 Å². The number of pyridine rings is 1. The molecule has 1 saturated carbocycles. The fourth-order valence-electron chi connectivity index (χ4n) is 4.76. The lowest BCUT2D eigenvalue weighted by atomic mass is 10.0. The van der Waals surface area contributed by atoms with E-state index >= 15 is 0 Å². The van der Waals surface area contributed by atoms with Crippen LogP contribution in [0.3, 0.4) is 0 Å². The van der Waals surface area contributed by atoms with Gasteiger partial charge in [-0.05, 0) is 62.4 Å². The van der Waals surface area contributed by atoms with E-state index < -0.39 is 11.7 Å². The Morgan fingerprint density at radius 3 is 2.86 bits per heavy atom. The molecule has 1 N–H and O–H groups in total. The van der Waals surface area contributed by atoms with E-state index in [1.165, 1.54) is 6.07 Å². The van der Waals surface area contributed by atoms with Crippen LogP contribution in [0, 0.1) is 12.7 Å². The molecule has 178 valence electrons. The van der Waals surface area contributed by atoms with Gasteiger partial charge in [0.25, 0.3) is 5.91 Å². The normalized spacial score (nSPS) is 17.3. The molecule has 4 aromatic rings. The maximum absolute atomic E-state index is 14.8. The minimum absolute atomic E-state index is 0.0480. The predicted octanol–water partition coefficient (Wildman–Crippen LogP) is 5.00. The smallest absolute Gasteiger partial charge is 0.259 e. The number of fused-ring (bicyclic) bond motifs is 1. The minimum Gasteiger partial charge on any atom is -0.309 e. The highest BCUT2D eigenvalue weighted by Gasteiger charge is 2.26. The molecule has 6 rings (SSSR count). The second kappa shape index (κ2) is 8.41. The number of nitrogens with one attached hydrogen (secondary N) is 1. The highest BCUT2D eigenvalue weighted by atomic mass is 19.1. The van der Waals surface area contributed by atoms with E-state index in [0.717, 1.165) is 55.0 Å². The number of imidazole rings is 1. The van der Waals surface area contributed by atoms with E-state index in [2.05, 4.69) is 37.0 Å². The van der Waals surface area contributed by atoms with Gasteiger partial charge in [0.05, 0.1) is 23.3 Å². The number of nitrogens with zero attached hydrogens (tertiary/aromatic N) is 6. The Kier molecular flexibility index (Phi) is 5.20. The number of hydrogen-bond acceptors (Lipinski definition) is 5. The molecule has 1 unspecified atom stereocenters. The summed E-state index contributed by atoms with van der Waals surface area (Å²) in [5.74, 6) is 1.68. The van der Waals surface area contributed by atoms with Crippen molar-refractivity contribution in [1.29, 1.82) is 0 Å². The molecular weight excluding hydrogens is 445 g/mol. The number of amides is 1. The fourth-order valence-corrected chi connectivity index (χ4v) is 4.76. The van der Waals surface area contributed by atoms with Gasteiger partial charge >= 0.3 is 0 Å². The molecular formula is C26H26FN7O. The average molecular weight is 472 g/mol. The Balaban J connectivity index is 1.27. The Morgan fingerprint density at radius 1 is 1.17 bits per heavy atom. The summed E-state index contributed by atoms with van der Waals surface area (Å²) >= 11 is 0. The van der Waals surface area contributed by atoms with Crippen LogP contribution in [0.2, 0.25) is 0 Å². The molecule has 0 saturated heterocycles. The summed E-state index contributed by atoms with van der Waals surface area (Å²) in [5.41, 5.74) is 3.05. The molecule has 8 nitrogen and oxygen atoms in total. The van der Waals surface area contributed by atoms with Crippen molar-refractivity contribution >= 4 is 11.7 Å². The number of anilines is 1. The highest BCUT2D eigenvalue weighted by molar-refractivity contribution is 6.04. The fraction of sp³-hybridized carbons (Fsp3) is 0.346. The first-order chi connectivity index (χ1) is 17.0. The number of carbonyl (C=O) groups excluding carboxylic acids is 1. The maximum atomic E-state index is 14.8. The van der Waals surface area contributed by atoms with Gasteiger partial charge in [0.2, 0.25) is 0 Å². The van der Waals surface area contributed by atoms with E-state index in [0.29, 0.717) is 29.2 Å². The zero-order chi connectivity index (χ0) is 24.1. The van der Waals surface area contributed by atoms with Crippen LogP contribution < -0.4 is 5.32 Å². The molecule has 3 aromatic heterocycles. The van der Waals surface area contributed by atoms with Gasteiger partial charge in [-0.25, -0.2) is 14.4 Å². The predicted molar refractivity (Wildman–Crippen MR) is 129 cm³/mol. The SMILES string of the molecule is Cc1cc(F)c(C(=O)Nc2cccc(-c3nnc4n3CCCC4C)n2)cc1-n1cnc(C2CC2)c1. The van der Waals surface area contributed by atoms with Crippen molar-refractivity contribution in [2.45, 2.75) is 57.9 Å². The average Bonchev–Trinajstić information content (AvgIpc) is 3.40. The molecule has 0 bridgehead atoms. The monoisotopic (exact) mass is 471 g/mol. The van der Waals surface area contributed by atoms with Crippen molar-refractivity contribution in [3.63, 3.8) is 0 Å². The zero-order valence-corrected chi connectivity index (χ0v) is 19.7. The zero-order valence-electron chi connectivity index (χ0n) is 19.7. The van der Waals surface area contributed by atoms with Crippen LogP contribution >= 0.6 is 0 Å². The molecule has 35 heavy (non-hydrogen) atoms. The summed E-state index contributed by atoms with van der Waals surface area (Å²) < 4.78 is 18.8. The lowest BCUT2D eigenvalue weighted by molar-refractivity contribution is 0.102. The van der Waals surface area contributed by atoms with E-state index in [1.54, 1.807) is 24.5 Å². The van der Waals surface area contributed by atoms with E-state index in [1.807, 2.05) is 23.8 Å². The standard InChI is InChI=1S/C26H26FN7O/c1-15-5-4-10-34-24(15)31-32-25(34)20-6-3-7-23(29-20)30-26(35)18-12-22(16(2)11-19(18)27)33-13-21(28-14-33)17-8-9-17/h3,6-7,11-15,17H,4-5,8-10H2,1-2H3,(H,29,30,35). The summed E-state index contributed by atoms with van der Waals surface area (Å²) in [6.07, 6.45) is 8.13. The molecule has 0 spiro atoms. The van der Waals surface area contributed by atoms with Gasteiger partial charge in [-0.1, -0.05) is 13.0 Å². The lowest BCUT2D eigenvalue weighted by Crippen LogP contribution is -2.17. The molecule has 1 aliphatic carbocycles. The second-order valence-electron chi connectivity index (χ2n) is 9.54. The van der Waals surface area contributed by atoms with Gasteiger partial charge in [-0.2, -0.15) is 0 Å². The number of aromatic nitrogens is 6. The van der Waals surface area contributed by atoms with Crippen molar-refractivity contribution in [3.05, 3.63) is 71.3 Å². The van der Waals surface area contributed by atoms with Crippen LogP contribution in [0.1, 0.15) is 71.9 Å². The van der Waals surface area contributed by atoms with Crippen molar-refractivity contribution in [3.8, 4) is 17.2 Å². The largest absolute Gasteiger partial charge is 0.309 e. The molecule has 1 aromatic carbocycles. The van der Waals surface area contributed by atoms with Crippen molar-refractivity contribution in [2.24, 2.45) is 0 Å². The third kappa shape index (κ3) is 4.00. The van der Waals surface area contributed by atoms with E-state index in [-0.39, 0.29) is 5.56 Å². The van der Waals surface area contributed by atoms with Crippen LogP contribution in [0.5, 0.6) is 0 Å². The minimum atomic E-state index is -0.581. The summed E-state index contributed by atoms with van der Waals surface area (Å²) in [6, 6.07) is 8.27. The molecule has 9 heteroatoms. The molecule has 0 radical (unpaired) electrons. The molecule has 2 aliphatic rings. The van der Waals surface area contributed by atoms with Gasteiger partial charge in [-0.15, -0.1) is 10.2 Å². The van der Waals surface area contributed by atoms with Gasteiger partial charge in [0.1, 0.15) is 23.2 Å². The Labute approximate surface area is 202 Å². The van der Waals surface area contributed by atoms with Gasteiger partial charge in [0.15, 0.2) is 5.82 Å². The Morgan fingerprint density at radius 2 is 2.03 bits per heavy atom. The summed E-state index contributed by atoms with van der Waals surface area (Å²) in [6.45, 7) is 4.81. The van der Waals surface area contributed by atoms with Gasteiger partial charge in [0, 0.05) is 24.6 Å². The highest BCUT2D eigenvalue weighted by Crippen LogP contribution is 2.39. The lowest BCUT2D eigenvalue weighted by Gasteiger charge is -2.20. The Bertz CT molecular complexity index is 1440. The third-order valence-electron chi connectivity index (χ3n) is 6.87. The molecule has 4 heterocycles. The number of carbonyl (C=O) groups is 1. The van der Waals surface area contributed by atoms with Crippen LogP contribution in [0.25, 0.3) is 17.2 Å². The van der Waals surface area contributed by atoms with Gasteiger partial charge < -0.3 is 14.5 Å². The molecule has 1 fully saturated rings. The summed E-state index contributed by atoms with van der Waals surface area (Å²) in [7, 11) is 0. The van der Waals surface area contributed by atoms with Crippen molar-refractivity contribution < 1.29 is 9.18 Å². The Hall–Kier alpha value is -3.88. The van der Waals surface area contributed by atoms with Crippen LogP contribution in [0.15, 0.2) is 42.9 Å². The molecule has 1 atom stereocenters. The topological polar surface area (TPSA) is 90.5 Å². The molecule has 1 aliphatic heterocycles. The van der Waals surface area contributed by atoms with Crippen LogP contribution in [0.4, 0.5) is 10.2 Å². The number of hydrogen-bond donors (Lipinski definition) is 1. The van der Waals surface area contributed by atoms with Crippen molar-refractivity contribution in [1.82, 2.24) is 29.3 Å².